The molecular weight excluding hydrogens is 772 g/mol. The van der Waals surface area contributed by atoms with E-state index < -0.39 is 12.0 Å². The number of nitrogens with zero attached hydrogens (tertiary/aromatic N) is 4. The lowest BCUT2D eigenvalue weighted by molar-refractivity contribution is -0.121. The Bertz CT molecular complexity index is 2820. The van der Waals surface area contributed by atoms with Crippen LogP contribution in [0.15, 0.2) is 93.1 Å². The number of thiocarbonyl (C=S) groups is 1. The molecule has 0 spiro atoms. The molecule has 5 aromatic rings. The summed E-state index contributed by atoms with van der Waals surface area (Å²) in [6.45, 7) is 5.96. The predicted octanol–water partition coefficient (Wildman–Crippen LogP) is 8.03. The Morgan fingerprint density at radius 3 is 2.50 bits per heavy atom. The molecule has 3 aromatic carbocycles. The SMILES string of the molecule is Cc1sc2c(c1C)C(c1ccc(Cl)cc1)=N[C@@H](CC(=O)NCC(=S)Nc1ccc(-c3c4ccc(=O)cc-4oc4cc(O)ccc34)c(C(=O)O)c1)c1nnc(C)n1-2. The Kier molecular flexibility index (Phi) is 9.48. The number of rotatable bonds is 8. The smallest absolute Gasteiger partial charge is 0.336 e. The van der Waals surface area contributed by atoms with E-state index in [4.69, 9.17) is 33.2 Å². The number of aromatic carboxylic acids is 1. The number of amides is 1. The average molecular weight is 803 g/mol. The molecule has 0 radical (unpaired) electrons. The van der Waals surface area contributed by atoms with Crippen LogP contribution in [0.1, 0.15) is 56.0 Å². The maximum Gasteiger partial charge on any atom is 0.336 e. The Balaban J connectivity index is 1.04. The number of aryl methyl sites for hydroxylation is 2. The highest BCUT2D eigenvalue weighted by molar-refractivity contribution is 7.80. The van der Waals surface area contributed by atoms with Crippen molar-refractivity contribution < 1.29 is 24.2 Å². The van der Waals surface area contributed by atoms with Gasteiger partial charge in [-0.1, -0.05) is 42.0 Å². The molecule has 4 N–H and O–H groups in total. The first-order chi connectivity index (χ1) is 26.9. The number of carboxylic acid groups (broad SMARTS) is 1. The number of nitrogens with one attached hydrogen (secondary N) is 2. The van der Waals surface area contributed by atoms with Crippen LogP contribution in [0.5, 0.6) is 5.75 Å². The van der Waals surface area contributed by atoms with Gasteiger partial charge in [-0.25, -0.2) is 4.79 Å². The van der Waals surface area contributed by atoms with Gasteiger partial charge in [0.2, 0.25) is 5.91 Å². The minimum Gasteiger partial charge on any atom is -0.508 e. The molecule has 0 saturated heterocycles. The van der Waals surface area contributed by atoms with Gasteiger partial charge in [-0.15, -0.1) is 21.5 Å². The quantitative estimate of drug-likeness (QED) is 0.0871. The fraction of sp³-hybridized carbons (Fsp3) is 0.146. The average Bonchev–Trinajstić information content (AvgIpc) is 3.64. The zero-order chi connectivity index (χ0) is 39.4. The summed E-state index contributed by atoms with van der Waals surface area (Å²) in [5.74, 6) is -0.109. The molecule has 12 nitrogen and oxygen atoms in total. The van der Waals surface area contributed by atoms with Crippen molar-refractivity contribution in [2.45, 2.75) is 33.2 Å². The molecule has 2 aliphatic heterocycles. The van der Waals surface area contributed by atoms with Gasteiger partial charge in [0.15, 0.2) is 11.3 Å². The van der Waals surface area contributed by atoms with Crippen LogP contribution in [0.4, 0.5) is 5.69 Å². The van der Waals surface area contributed by atoms with Crippen molar-refractivity contribution in [3.8, 4) is 33.2 Å². The van der Waals surface area contributed by atoms with E-state index in [0.29, 0.717) is 44.4 Å². The molecule has 0 bridgehead atoms. The van der Waals surface area contributed by atoms with Crippen molar-refractivity contribution in [3.63, 3.8) is 0 Å². The van der Waals surface area contributed by atoms with E-state index >= 15 is 0 Å². The monoisotopic (exact) mass is 802 g/mol. The van der Waals surface area contributed by atoms with Crippen molar-refractivity contribution in [1.82, 2.24) is 20.1 Å². The lowest BCUT2D eigenvalue weighted by Crippen LogP contribution is -2.32. The number of phenolic OH excluding ortho intramolecular Hbond substituents is 1. The summed E-state index contributed by atoms with van der Waals surface area (Å²) in [5, 5.41) is 37.3. The lowest BCUT2D eigenvalue weighted by atomic mass is 9.90. The highest BCUT2D eigenvalue weighted by Crippen LogP contribution is 2.43. The highest BCUT2D eigenvalue weighted by Gasteiger charge is 2.32. The van der Waals surface area contributed by atoms with E-state index in [1.165, 1.54) is 30.3 Å². The van der Waals surface area contributed by atoms with Gasteiger partial charge in [-0.2, -0.15) is 0 Å². The number of hydrogen-bond acceptors (Lipinski definition) is 10. The molecule has 280 valence electrons. The number of phenols is 1. The van der Waals surface area contributed by atoms with E-state index in [-0.39, 0.29) is 51.9 Å². The van der Waals surface area contributed by atoms with Gasteiger partial charge in [-0.3, -0.25) is 19.1 Å². The molecule has 0 saturated carbocycles. The van der Waals surface area contributed by atoms with Crippen LogP contribution in [-0.2, 0) is 4.79 Å². The van der Waals surface area contributed by atoms with E-state index in [1.54, 1.807) is 35.6 Å². The number of carbonyl (C=O) groups is 2. The van der Waals surface area contributed by atoms with Gasteiger partial charge in [0.05, 0.1) is 29.2 Å². The second-order valence-electron chi connectivity index (χ2n) is 13.3. The van der Waals surface area contributed by atoms with E-state index in [2.05, 4.69) is 34.7 Å². The fourth-order valence-electron chi connectivity index (χ4n) is 6.93. The first-order valence-corrected chi connectivity index (χ1v) is 19.0. The molecule has 0 fully saturated rings. The van der Waals surface area contributed by atoms with Crippen LogP contribution < -0.4 is 16.1 Å². The Hall–Kier alpha value is -6.22. The number of anilines is 1. The standard InChI is InChI=1S/C41H31ClN6O6S2/c1-19-20(2)56-40-36(19)38(22-4-6-23(42)7-5-22)45-31(39-47-46-21(3)48(39)40)17-34(51)43-18-35(55)44-24-8-11-27(30(14-24)41(52)53)37-28-12-9-25(49)15-32(28)54-33-16-26(50)10-13-29(33)37/h4-16,31,49H,17-18H2,1-3H3,(H,43,51)(H,44,55)(H,52,53)/t31-/m0/s1. The maximum absolute atomic E-state index is 13.6. The van der Waals surface area contributed by atoms with Gasteiger partial charge in [0, 0.05) is 55.4 Å². The predicted molar refractivity (Wildman–Crippen MR) is 220 cm³/mol. The summed E-state index contributed by atoms with van der Waals surface area (Å²) in [7, 11) is 0. The summed E-state index contributed by atoms with van der Waals surface area (Å²) in [4.78, 5) is 45.0. The molecule has 1 aliphatic carbocycles. The number of carboxylic acids is 1. The molecule has 2 aromatic heterocycles. The molecule has 3 aliphatic rings. The fourth-order valence-corrected chi connectivity index (χ4v) is 8.46. The minimum atomic E-state index is -1.20. The van der Waals surface area contributed by atoms with Crippen LogP contribution in [0, 0.1) is 20.8 Å². The zero-order valence-electron chi connectivity index (χ0n) is 30.0. The van der Waals surface area contributed by atoms with Crippen LogP contribution in [-0.4, -0.2) is 54.1 Å². The van der Waals surface area contributed by atoms with Crippen molar-refractivity contribution >= 4 is 74.4 Å². The van der Waals surface area contributed by atoms with Crippen LogP contribution in [0.25, 0.3) is 38.4 Å². The Labute approximate surface area is 333 Å². The van der Waals surface area contributed by atoms with Crippen molar-refractivity contribution in [3.05, 3.63) is 133 Å². The summed E-state index contributed by atoms with van der Waals surface area (Å²) in [6, 6.07) is 20.3. The number of benzene rings is 4. The Morgan fingerprint density at radius 2 is 1.73 bits per heavy atom. The van der Waals surface area contributed by atoms with Gasteiger partial charge in [-0.05, 0) is 80.4 Å². The van der Waals surface area contributed by atoms with Crippen LogP contribution >= 0.6 is 35.2 Å². The molecule has 15 heteroatoms. The van der Waals surface area contributed by atoms with Gasteiger partial charge < -0.3 is 25.3 Å². The molecule has 56 heavy (non-hydrogen) atoms. The molecule has 1 atom stereocenters. The minimum absolute atomic E-state index is 0.0351. The summed E-state index contributed by atoms with van der Waals surface area (Å²) >= 11 is 13.4. The number of halogens is 1. The first kappa shape index (κ1) is 36.7. The molecule has 4 heterocycles. The van der Waals surface area contributed by atoms with Gasteiger partial charge >= 0.3 is 5.97 Å². The second-order valence-corrected chi connectivity index (χ2v) is 15.4. The molecule has 1 amide bonds. The van der Waals surface area contributed by atoms with Crippen molar-refractivity contribution in [2.75, 3.05) is 11.9 Å². The topological polar surface area (TPSA) is 172 Å². The zero-order valence-corrected chi connectivity index (χ0v) is 32.4. The third-order valence-electron chi connectivity index (χ3n) is 9.66. The Morgan fingerprint density at radius 1 is 0.964 bits per heavy atom. The number of thiophene rings is 1. The number of carbonyl (C=O) groups excluding carboxylic acids is 1. The van der Waals surface area contributed by atoms with Crippen LogP contribution in [0.3, 0.4) is 0 Å². The summed E-state index contributed by atoms with van der Waals surface area (Å²) in [6.07, 6.45) is -0.0421. The second kappa shape index (κ2) is 14.5. The maximum atomic E-state index is 13.6. The molecule has 0 unspecified atom stereocenters. The van der Waals surface area contributed by atoms with E-state index in [1.807, 2.05) is 35.8 Å². The van der Waals surface area contributed by atoms with Crippen molar-refractivity contribution in [1.29, 1.82) is 0 Å². The lowest BCUT2D eigenvalue weighted by Gasteiger charge is -2.18. The van der Waals surface area contributed by atoms with Gasteiger partial charge in [0.25, 0.3) is 0 Å². The normalized spacial score (nSPS) is 13.5. The number of aliphatic imine (C=N–C) groups is 1. The van der Waals surface area contributed by atoms with Crippen molar-refractivity contribution in [2.24, 2.45) is 4.99 Å². The first-order valence-electron chi connectivity index (χ1n) is 17.4. The number of aromatic nitrogens is 3. The largest absolute Gasteiger partial charge is 0.508 e. The molecule has 8 rings (SSSR count). The number of aromatic hydroxyl groups is 1. The summed E-state index contributed by atoms with van der Waals surface area (Å²) in [5.41, 5.74) is 5.37. The molecular formula is C41H31ClN6O6S2. The summed E-state index contributed by atoms with van der Waals surface area (Å²) < 4.78 is 7.90. The van der Waals surface area contributed by atoms with Crippen LogP contribution in [0.2, 0.25) is 5.02 Å². The third kappa shape index (κ3) is 6.72. The van der Waals surface area contributed by atoms with Gasteiger partial charge in [0.1, 0.15) is 34.0 Å². The third-order valence-corrected chi connectivity index (χ3v) is 11.4. The highest BCUT2D eigenvalue weighted by atomic mass is 35.5. The number of fused-ring (bicyclic) bond motifs is 5. The number of hydrogen-bond donors (Lipinski definition) is 4. The van der Waals surface area contributed by atoms with E-state index in [9.17, 15) is 24.6 Å². The van der Waals surface area contributed by atoms with E-state index in [0.717, 1.165) is 32.3 Å².